The van der Waals surface area contributed by atoms with Crippen LogP contribution in [0.1, 0.15) is 29.5 Å². The van der Waals surface area contributed by atoms with Crippen LogP contribution in [0, 0.1) is 0 Å². The second-order valence-electron chi connectivity index (χ2n) is 4.84. The van der Waals surface area contributed by atoms with Gasteiger partial charge in [-0.15, -0.1) is 0 Å². The van der Waals surface area contributed by atoms with E-state index in [1.807, 2.05) is 36.4 Å². The van der Waals surface area contributed by atoms with Crippen LogP contribution in [0.3, 0.4) is 0 Å². The number of hydrogen-bond donors (Lipinski definition) is 0. The highest BCUT2D eigenvalue weighted by Gasteiger charge is 2.35. The van der Waals surface area contributed by atoms with E-state index in [-0.39, 0.29) is 5.92 Å². The van der Waals surface area contributed by atoms with Crippen LogP contribution in [0.4, 0.5) is 0 Å². The first-order valence-electron chi connectivity index (χ1n) is 6.75. The molecule has 0 spiro atoms. The van der Waals surface area contributed by atoms with Crippen molar-refractivity contribution in [2.45, 2.75) is 23.1 Å². The number of halogens is 3. The molecule has 0 unspecified atom stereocenters. The molecule has 0 fully saturated rings. The minimum Gasteiger partial charge on any atom is -0.497 e. The third-order valence-corrected chi connectivity index (χ3v) is 4.15. The topological polar surface area (TPSA) is 9.23 Å². The van der Waals surface area contributed by atoms with Gasteiger partial charge in [0, 0.05) is 0 Å². The molecule has 0 saturated carbocycles. The van der Waals surface area contributed by atoms with Gasteiger partial charge in [0.15, 0.2) is 0 Å². The normalized spacial score (nSPS) is 13.0. The number of aryl methyl sites for hydroxylation is 1. The molecular formula is C17H17Cl3O. The zero-order chi connectivity index (χ0) is 15.5. The summed E-state index contributed by atoms with van der Waals surface area (Å²) in [5, 5.41) is 0. The molecule has 0 aliphatic heterocycles. The molecule has 2 aromatic carbocycles. The van der Waals surface area contributed by atoms with Crippen molar-refractivity contribution in [2.75, 3.05) is 7.11 Å². The zero-order valence-corrected chi connectivity index (χ0v) is 14.2. The fourth-order valence-corrected chi connectivity index (χ4v) is 3.07. The van der Waals surface area contributed by atoms with Crippen LogP contribution in [0.2, 0.25) is 0 Å². The molecule has 1 nitrogen and oxygen atoms in total. The molecule has 0 amide bonds. The van der Waals surface area contributed by atoms with Gasteiger partial charge in [-0.2, -0.15) is 0 Å². The maximum absolute atomic E-state index is 6.22. The fraction of sp³-hybridized carbons (Fsp3) is 0.294. The standard InChI is InChI=1S/C17H17Cl3O/c1-3-12-4-6-13(7-5-12)16(17(18,19)20)14-8-10-15(21-2)11-9-14/h4-11,16H,3H2,1-2H3/t16-/m0/s1. The van der Waals surface area contributed by atoms with Gasteiger partial charge < -0.3 is 4.74 Å². The van der Waals surface area contributed by atoms with Gasteiger partial charge >= 0.3 is 0 Å². The smallest absolute Gasteiger partial charge is 0.201 e. The summed E-state index contributed by atoms with van der Waals surface area (Å²) >= 11 is 18.6. The first-order valence-corrected chi connectivity index (χ1v) is 7.88. The SMILES string of the molecule is CCc1ccc([C@@H](c2ccc(OC)cc2)C(Cl)(Cl)Cl)cc1. The van der Waals surface area contributed by atoms with E-state index in [9.17, 15) is 0 Å². The predicted molar refractivity (Wildman–Crippen MR) is 90.9 cm³/mol. The molecule has 0 aliphatic rings. The summed E-state index contributed by atoms with van der Waals surface area (Å²) in [5.41, 5.74) is 3.19. The Morgan fingerprint density at radius 3 is 1.76 bits per heavy atom. The second kappa shape index (κ2) is 6.91. The summed E-state index contributed by atoms with van der Waals surface area (Å²) in [6.45, 7) is 2.12. The molecule has 2 rings (SSSR count). The van der Waals surface area contributed by atoms with Crippen molar-refractivity contribution in [3.05, 3.63) is 65.2 Å². The highest BCUT2D eigenvalue weighted by Crippen LogP contribution is 2.45. The van der Waals surface area contributed by atoms with Crippen molar-refractivity contribution >= 4 is 34.8 Å². The van der Waals surface area contributed by atoms with Crippen molar-refractivity contribution < 1.29 is 4.74 Å². The van der Waals surface area contributed by atoms with E-state index in [0.29, 0.717) is 0 Å². The molecular weight excluding hydrogens is 327 g/mol. The molecule has 0 aliphatic carbocycles. The molecule has 21 heavy (non-hydrogen) atoms. The maximum atomic E-state index is 6.22. The summed E-state index contributed by atoms with van der Waals surface area (Å²) in [6.07, 6.45) is 0.987. The van der Waals surface area contributed by atoms with Gasteiger partial charge in [-0.1, -0.05) is 78.1 Å². The van der Waals surface area contributed by atoms with Gasteiger partial charge in [0.1, 0.15) is 5.75 Å². The van der Waals surface area contributed by atoms with Crippen molar-refractivity contribution in [3.8, 4) is 5.75 Å². The number of alkyl halides is 3. The van der Waals surface area contributed by atoms with E-state index in [0.717, 1.165) is 23.3 Å². The van der Waals surface area contributed by atoms with E-state index in [1.54, 1.807) is 7.11 Å². The Hall–Kier alpha value is -0.890. The minimum absolute atomic E-state index is 0.320. The highest BCUT2D eigenvalue weighted by molar-refractivity contribution is 6.68. The van der Waals surface area contributed by atoms with Crippen LogP contribution in [0.25, 0.3) is 0 Å². The van der Waals surface area contributed by atoms with Crippen LogP contribution in [0.15, 0.2) is 48.5 Å². The Labute approximate surface area is 140 Å². The third kappa shape index (κ3) is 4.06. The number of rotatable bonds is 4. The van der Waals surface area contributed by atoms with Gasteiger partial charge in [0.2, 0.25) is 3.79 Å². The summed E-state index contributed by atoms with van der Waals surface area (Å²) in [7, 11) is 1.63. The van der Waals surface area contributed by atoms with E-state index in [4.69, 9.17) is 39.5 Å². The van der Waals surface area contributed by atoms with Crippen LogP contribution in [-0.2, 0) is 6.42 Å². The Morgan fingerprint density at radius 1 is 0.905 bits per heavy atom. The lowest BCUT2D eigenvalue weighted by molar-refractivity contribution is 0.414. The van der Waals surface area contributed by atoms with E-state index in [1.165, 1.54) is 5.56 Å². The van der Waals surface area contributed by atoms with Crippen LogP contribution >= 0.6 is 34.8 Å². The summed E-state index contributed by atoms with van der Waals surface area (Å²) in [4.78, 5) is 0. The quantitative estimate of drug-likeness (QED) is 0.641. The van der Waals surface area contributed by atoms with Crippen molar-refractivity contribution in [2.24, 2.45) is 0 Å². The zero-order valence-electron chi connectivity index (χ0n) is 11.9. The van der Waals surface area contributed by atoms with Crippen LogP contribution < -0.4 is 4.74 Å². The maximum Gasteiger partial charge on any atom is 0.201 e. The van der Waals surface area contributed by atoms with E-state index >= 15 is 0 Å². The molecule has 4 heteroatoms. The third-order valence-electron chi connectivity index (χ3n) is 3.50. The molecule has 112 valence electrons. The van der Waals surface area contributed by atoms with Gasteiger partial charge in [-0.25, -0.2) is 0 Å². The van der Waals surface area contributed by atoms with Crippen molar-refractivity contribution in [3.63, 3.8) is 0 Å². The Kier molecular flexibility index (Phi) is 5.43. The van der Waals surface area contributed by atoms with Crippen LogP contribution in [-0.4, -0.2) is 10.9 Å². The molecule has 0 saturated heterocycles. The second-order valence-corrected chi connectivity index (χ2v) is 7.21. The van der Waals surface area contributed by atoms with E-state index in [2.05, 4.69) is 19.1 Å². The molecule has 0 bridgehead atoms. The predicted octanol–water partition coefficient (Wildman–Crippen LogP) is 5.76. The molecule has 0 N–H and O–H groups in total. The molecule has 0 radical (unpaired) electrons. The number of hydrogen-bond acceptors (Lipinski definition) is 1. The average molecular weight is 344 g/mol. The summed E-state index contributed by atoms with van der Waals surface area (Å²) in [6, 6.07) is 15.8. The largest absolute Gasteiger partial charge is 0.497 e. The molecule has 1 atom stereocenters. The lowest BCUT2D eigenvalue weighted by Gasteiger charge is -2.25. The molecule has 0 heterocycles. The number of ether oxygens (including phenoxy) is 1. The van der Waals surface area contributed by atoms with Gasteiger partial charge in [-0.3, -0.25) is 0 Å². The van der Waals surface area contributed by atoms with Gasteiger partial charge in [0.25, 0.3) is 0 Å². The van der Waals surface area contributed by atoms with Gasteiger partial charge in [0.05, 0.1) is 13.0 Å². The molecule has 0 aromatic heterocycles. The van der Waals surface area contributed by atoms with Gasteiger partial charge in [-0.05, 0) is 35.2 Å². The van der Waals surface area contributed by atoms with Crippen molar-refractivity contribution in [1.82, 2.24) is 0 Å². The lowest BCUT2D eigenvalue weighted by atomic mass is 9.91. The van der Waals surface area contributed by atoms with E-state index < -0.39 is 3.79 Å². The van der Waals surface area contributed by atoms with Crippen molar-refractivity contribution in [1.29, 1.82) is 0 Å². The Balaban J connectivity index is 2.41. The highest BCUT2D eigenvalue weighted by atomic mass is 35.6. The number of benzene rings is 2. The first-order chi connectivity index (χ1) is 9.95. The monoisotopic (exact) mass is 342 g/mol. The van der Waals surface area contributed by atoms with Crippen LogP contribution in [0.5, 0.6) is 5.75 Å². The number of methoxy groups -OCH3 is 1. The lowest BCUT2D eigenvalue weighted by Crippen LogP contribution is -2.18. The summed E-state index contributed by atoms with van der Waals surface area (Å²) < 4.78 is 3.76. The Morgan fingerprint density at radius 2 is 1.38 bits per heavy atom. The molecule has 2 aromatic rings. The first kappa shape index (κ1) is 16.5. The summed E-state index contributed by atoms with van der Waals surface area (Å²) in [5.74, 6) is 0.461. The Bertz CT molecular complexity index is 523. The fourth-order valence-electron chi connectivity index (χ4n) is 2.31. The average Bonchev–Trinajstić information content (AvgIpc) is 2.47. The minimum atomic E-state index is -1.41.